The van der Waals surface area contributed by atoms with Crippen molar-refractivity contribution in [2.75, 3.05) is 0 Å². The number of aldehydes is 1. The third-order valence-electron chi connectivity index (χ3n) is 3.31. The van der Waals surface area contributed by atoms with Gasteiger partial charge in [-0.2, -0.15) is 0 Å². The molecule has 0 fully saturated rings. The second-order valence-electron chi connectivity index (χ2n) is 5.13. The van der Waals surface area contributed by atoms with Gasteiger partial charge in [-0.15, -0.1) is 0 Å². The smallest absolute Gasteiger partial charge is 0.150 e. The molecule has 0 radical (unpaired) electrons. The van der Waals surface area contributed by atoms with Crippen molar-refractivity contribution in [3.63, 3.8) is 0 Å². The quantitative estimate of drug-likeness (QED) is 0.650. The first kappa shape index (κ1) is 14.9. The van der Waals surface area contributed by atoms with Crippen LogP contribution in [0.3, 0.4) is 0 Å². The molecule has 3 aromatic rings. The number of carbonyl (C=O) groups is 1. The highest BCUT2D eigenvalue weighted by atomic mass is 19.1. The zero-order valence-electron chi connectivity index (χ0n) is 12.5. The Kier molecular flexibility index (Phi) is 4.15. The Balaban J connectivity index is 1.83. The van der Waals surface area contributed by atoms with Crippen molar-refractivity contribution in [1.82, 2.24) is 4.98 Å². The molecule has 4 heteroatoms. The number of halogens is 1. The van der Waals surface area contributed by atoms with Crippen molar-refractivity contribution in [2.45, 2.75) is 6.92 Å². The fraction of sp³-hybridized carbons (Fsp3) is 0.0526. The van der Waals surface area contributed by atoms with Crippen LogP contribution < -0.4 is 4.74 Å². The Bertz CT molecular complexity index is 827. The van der Waals surface area contributed by atoms with Gasteiger partial charge in [0.15, 0.2) is 0 Å². The predicted molar refractivity (Wildman–Crippen MR) is 86.3 cm³/mol. The molecule has 0 bridgehead atoms. The van der Waals surface area contributed by atoms with E-state index in [9.17, 15) is 9.18 Å². The number of ether oxygens (including phenoxy) is 1. The number of hydrogen-bond acceptors (Lipinski definition) is 3. The zero-order valence-corrected chi connectivity index (χ0v) is 12.5. The number of pyridine rings is 1. The highest BCUT2D eigenvalue weighted by molar-refractivity contribution is 5.78. The fourth-order valence-electron chi connectivity index (χ4n) is 2.24. The van der Waals surface area contributed by atoms with E-state index in [0.717, 1.165) is 23.2 Å². The Morgan fingerprint density at radius 3 is 2.17 bits per heavy atom. The van der Waals surface area contributed by atoms with Crippen molar-refractivity contribution >= 4 is 6.29 Å². The van der Waals surface area contributed by atoms with Gasteiger partial charge in [0.25, 0.3) is 0 Å². The first-order valence-electron chi connectivity index (χ1n) is 7.12. The van der Waals surface area contributed by atoms with Crippen molar-refractivity contribution in [1.29, 1.82) is 0 Å². The van der Waals surface area contributed by atoms with Crippen LogP contribution in [0.2, 0.25) is 0 Å². The third-order valence-corrected chi connectivity index (χ3v) is 3.31. The molecule has 3 rings (SSSR count). The van der Waals surface area contributed by atoms with Crippen molar-refractivity contribution < 1.29 is 13.9 Å². The normalized spacial score (nSPS) is 10.3. The van der Waals surface area contributed by atoms with Gasteiger partial charge < -0.3 is 4.74 Å². The van der Waals surface area contributed by atoms with Gasteiger partial charge in [0.2, 0.25) is 0 Å². The van der Waals surface area contributed by atoms with Crippen molar-refractivity contribution in [3.05, 3.63) is 77.7 Å². The molecule has 0 saturated heterocycles. The Morgan fingerprint density at radius 1 is 0.957 bits per heavy atom. The van der Waals surface area contributed by atoms with E-state index in [2.05, 4.69) is 4.98 Å². The van der Waals surface area contributed by atoms with E-state index in [-0.39, 0.29) is 5.82 Å². The van der Waals surface area contributed by atoms with Gasteiger partial charge in [-0.25, -0.2) is 4.39 Å². The van der Waals surface area contributed by atoms with E-state index in [0.29, 0.717) is 17.1 Å². The summed E-state index contributed by atoms with van der Waals surface area (Å²) in [7, 11) is 0. The van der Waals surface area contributed by atoms with Crippen LogP contribution in [0.1, 0.15) is 16.1 Å². The molecular formula is C19H14FNO2. The second-order valence-corrected chi connectivity index (χ2v) is 5.13. The van der Waals surface area contributed by atoms with Gasteiger partial charge in [0, 0.05) is 16.8 Å². The molecule has 3 nitrogen and oxygen atoms in total. The fourth-order valence-corrected chi connectivity index (χ4v) is 2.24. The van der Waals surface area contributed by atoms with Gasteiger partial charge in [0.05, 0.1) is 5.69 Å². The average molecular weight is 307 g/mol. The Hall–Kier alpha value is -3.01. The summed E-state index contributed by atoms with van der Waals surface area (Å²) < 4.78 is 18.5. The van der Waals surface area contributed by atoms with Crippen LogP contribution in [0, 0.1) is 12.7 Å². The van der Waals surface area contributed by atoms with E-state index in [1.165, 1.54) is 12.1 Å². The van der Waals surface area contributed by atoms with E-state index in [1.54, 1.807) is 24.3 Å². The predicted octanol–water partition coefficient (Wildman–Crippen LogP) is 4.80. The number of hydrogen-bond donors (Lipinski definition) is 0. The Labute approximate surface area is 133 Å². The molecule has 1 heterocycles. The molecule has 1 aromatic heterocycles. The summed E-state index contributed by atoms with van der Waals surface area (Å²) >= 11 is 0. The molecule has 0 atom stereocenters. The Morgan fingerprint density at radius 2 is 1.57 bits per heavy atom. The standard InChI is InChI=1S/C19H14FNO2/c1-13-10-14(12-22)11-19(21-13)15-2-6-17(7-3-15)23-18-8-4-16(20)5-9-18/h2-12H,1H3. The first-order chi connectivity index (χ1) is 11.1. The number of rotatable bonds is 4. The van der Waals surface area contributed by atoms with E-state index in [1.807, 2.05) is 31.2 Å². The van der Waals surface area contributed by atoms with E-state index < -0.39 is 0 Å². The summed E-state index contributed by atoms with van der Waals surface area (Å²) in [6.45, 7) is 1.85. The summed E-state index contributed by atoms with van der Waals surface area (Å²) in [5, 5.41) is 0. The zero-order chi connectivity index (χ0) is 16.2. The minimum Gasteiger partial charge on any atom is -0.457 e. The van der Waals surface area contributed by atoms with Gasteiger partial charge in [-0.3, -0.25) is 9.78 Å². The third kappa shape index (κ3) is 3.61. The van der Waals surface area contributed by atoms with Crippen LogP contribution in [-0.2, 0) is 0 Å². The summed E-state index contributed by atoms with van der Waals surface area (Å²) in [4.78, 5) is 15.4. The molecule has 0 N–H and O–H groups in total. The molecule has 0 amide bonds. The molecule has 0 spiro atoms. The topological polar surface area (TPSA) is 39.2 Å². The average Bonchev–Trinajstić information content (AvgIpc) is 2.57. The van der Waals surface area contributed by atoms with E-state index in [4.69, 9.17) is 4.74 Å². The lowest BCUT2D eigenvalue weighted by Gasteiger charge is -2.07. The molecule has 0 unspecified atom stereocenters. The molecule has 0 saturated carbocycles. The number of nitrogens with zero attached hydrogens (tertiary/aromatic N) is 1. The molecule has 23 heavy (non-hydrogen) atoms. The van der Waals surface area contributed by atoms with Crippen LogP contribution in [-0.4, -0.2) is 11.3 Å². The monoisotopic (exact) mass is 307 g/mol. The first-order valence-corrected chi connectivity index (χ1v) is 7.12. The van der Waals surface area contributed by atoms with Gasteiger partial charge >= 0.3 is 0 Å². The maximum atomic E-state index is 12.9. The van der Waals surface area contributed by atoms with Gasteiger partial charge in [-0.05, 0) is 67.6 Å². The SMILES string of the molecule is Cc1cc(C=O)cc(-c2ccc(Oc3ccc(F)cc3)cc2)n1. The lowest BCUT2D eigenvalue weighted by Crippen LogP contribution is -1.91. The van der Waals surface area contributed by atoms with Crippen LogP contribution in [0.25, 0.3) is 11.3 Å². The summed E-state index contributed by atoms with van der Waals surface area (Å²) in [5.41, 5.74) is 3.01. The number of carbonyl (C=O) groups excluding carboxylic acids is 1. The second kappa shape index (κ2) is 6.40. The highest BCUT2D eigenvalue weighted by Crippen LogP contribution is 2.25. The molecule has 0 aliphatic heterocycles. The van der Waals surface area contributed by atoms with Crippen molar-refractivity contribution in [2.24, 2.45) is 0 Å². The van der Waals surface area contributed by atoms with Crippen LogP contribution in [0.15, 0.2) is 60.7 Å². The van der Waals surface area contributed by atoms with Crippen LogP contribution in [0.5, 0.6) is 11.5 Å². The summed E-state index contributed by atoms with van der Waals surface area (Å²) in [6, 6.07) is 16.7. The number of aryl methyl sites for hydroxylation is 1. The molecule has 2 aromatic carbocycles. The maximum absolute atomic E-state index is 12.9. The van der Waals surface area contributed by atoms with Gasteiger partial charge in [0.1, 0.15) is 23.6 Å². The summed E-state index contributed by atoms with van der Waals surface area (Å²) in [6.07, 6.45) is 0.810. The van der Waals surface area contributed by atoms with Crippen LogP contribution in [0.4, 0.5) is 4.39 Å². The lowest BCUT2D eigenvalue weighted by atomic mass is 10.1. The minimum absolute atomic E-state index is 0.302. The largest absolute Gasteiger partial charge is 0.457 e. The van der Waals surface area contributed by atoms with Crippen molar-refractivity contribution in [3.8, 4) is 22.8 Å². The lowest BCUT2D eigenvalue weighted by molar-refractivity contribution is 0.112. The summed E-state index contributed by atoms with van der Waals surface area (Å²) in [5.74, 6) is 0.906. The minimum atomic E-state index is -0.302. The highest BCUT2D eigenvalue weighted by Gasteiger charge is 2.04. The molecule has 0 aliphatic rings. The van der Waals surface area contributed by atoms with Gasteiger partial charge in [-0.1, -0.05) is 0 Å². The number of benzene rings is 2. The number of aromatic nitrogens is 1. The maximum Gasteiger partial charge on any atom is 0.150 e. The molecule has 0 aliphatic carbocycles. The van der Waals surface area contributed by atoms with E-state index >= 15 is 0 Å². The molecular weight excluding hydrogens is 293 g/mol. The molecule has 114 valence electrons. The van der Waals surface area contributed by atoms with Crippen LogP contribution >= 0.6 is 0 Å².